The van der Waals surface area contributed by atoms with Crippen LogP contribution in [0.15, 0.2) is 36.5 Å². The zero-order valence-corrected chi connectivity index (χ0v) is 13.1. The Kier molecular flexibility index (Phi) is 4.59. The Labute approximate surface area is 140 Å². The van der Waals surface area contributed by atoms with Gasteiger partial charge in [-0.15, -0.1) is 0 Å². The van der Waals surface area contributed by atoms with E-state index < -0.39 is 6.86 Å². The Morgan fingerprint density at radius 2 is 2.04 bits per heavy atom. The number of hydrogen-bond donors (Lipinski definition) is 2. The molecule has 0 fully saturated rings. The number of alkyl halides is 1. The molecule has 3 rings (SSSR count). The van der Waals surface area contributed by atoms with Gasteiger partial charge < -0.3 is 10.1 Å². The van der Waals surface area contributed by atoms with E-state index in [1.54, 1.807) is 30.3 Å². The van der Waals surface area contributed by atoms with Crippen molar-refractivity contribution in [2.45, 2.75) is 0 Å². The van der Waals surface area contributed by atoms with Gasteiger partial charge in [-0.05, 0) is 35.9 Å². The number of ether oxygens (including phenoxy) is 1. The average Bonchev–Trinajstić information content (AvgIpc) is 2.98. The maximum atomic E-state index is 12.2. The van der Waals surface area contributed by atoms with E-state index in [0.717, 1.165) is 11.3 Å². The van der Waals surface area contributed by atoms with Gasteiger partial charge in [-0.2, -0.15) is 5.10 Å². The number of hydrogen-bond acceptors (Lipinski definition) is 5. The smallest absolute Gasteiger partial charge is 0.228 e. The minimum atomic E-state index is -0.932. The van der Waals surface area contributed by atoms with Crippen LogP contribution in [0, 0.1) is 0 Å². The van der Waals surface area contributed by atoms with Crippen molar-refractivity contribution in [2.24, 2.45) is 0 Å². The number of H-pyrrole nitrogens is 1. The maximum absolute atomic E-state index is 12.2. The van der Waals surface area contributed by atoms with Crippen molar-refractivity contribution in [3.63, 3.8) is 0 Å². The Morgan fingerprint density at radius 3 is 2.78 bits per heavy atom. The summed E-state index contributed by atoms with van der Waals surface area (Å²) in [6, 6.07) is 8.44. The minimum absolute atomic E-state index is 0.140. The van der Waals surface area contributed by atoms with Crippen LogP contribution < -0.4 is 10.1 Å². The summed E-state index contributed by atoms with van der Waals surface area (Å²) in [7, 11) is 0. The summed E-state index contributed by atoms with van der Waals surface area (Å²) in [5, 5.41) is 10.5. The second kappa shape index (κ2) is 6.80. The van der Waals surface area contributed by atoms with E-state index in [0.29, 0.717) is 16.7 Å². The quantitative estimate of drug-likeness (QED) is 0.671. The lowest BCUT2D eigenvalue weighted by atomic mass is 10.1. The van der Waals surface area contributed by atoms with E-state index in [1.165, 1.54) is 6.20 Å². The van der Waals surface area contributed by atoms with Crippen molar-refractivity contribution in [1.82, 2.24) is 20.2 Å². The number of nitrogens with zero attached hydrogens (tertiary/aromatic N) is 3. The topological polar surface area (TPSA) is 75.7 Å². The third-order valence-electron chi connectivity index (χ3n) is 2.91. The van der Waals surface area contributed by atoms with Crippen molar-refractivity contribution >= 4 is 34.8 Å². The van der Waals surface area contributed by atoms with Crippen molar-refractivity contribution in [3.8, 4) is 17.0 Å². The molecule has 2 N–H and O–H groups in total. The summed E-state index contributed by atoms with van der Waals surface area (Å²) in [6.07, 6.45) is 1.54. The lowest BCUT2D eigenvalue weighted by Crippen LogP contribution is -1.94. The molecule has 0 aliphatic carbocycles. The largest absolute Gasteiger partial charge is 0.461 e. The van der Waals surface area contributed by atoms with Crippen molar-refractivity contribution in [2.75, 3.05) is 12.2 Å². The highest BCUT2D eigenvalue weighted by molar-refractivity contribution is 6.32. The molecule has 0 radical (unpaired) electrons. The lowest BCUT2D eigenvalue weighted by Gasteiger charge is -2.05. The molecule has 0 saturated carbocycles. The van der Waals surface area contributed by atoms with Crippen LogP contribution in [-0.2, 0) is 0 Å². The van der Waals surface area contributed by atoms with Crippen LogP contribution >= 0.6 is 23.2 Å². The fourth-order valence-electron chi connectivity index (χ4n) is 1.91. The number of nitrogens with one attached hydrogen (secondary N) is 2. The van der Waals surface area contributed by atoms with E-state index >= 15 is 0 Å². The van der Waals surface area contributed by atoms with E-state index in [9.17, 15) is 4.39 Å². The predicted octanol–water partition coefficient (Wildman–Crippen LogP) is 4.22. The molecular weight excluding hydrogens is 344 g/mol. The summed E-state index contributed by atoms with van der Waals surface area (Å²) in [5.74, 6) is 1.36. The van der Waals surface area contributed by atoms with Gasteiger partial charge in [-0.25, -0.2) is 14.4 Å². The van der Waals surface area contributed by atoms with E-state index in [1.807, 2.05) is 0 Å². The molecular formula is C14H10Cl2FN5O. The first kappa shape index (κ1) is 15.5. The van der Waals surface area contributed by atoms with Crippen LogP contribution in [0.3, 0.4) is 0 Å². The summed E-state index contributed by atoms with van der Waals surface area (Å²) >= 11 is 11.8. The number of benzene rings is 1. The van der Waals surface area contributed by atoms with Crippen LogP contribution in [0.5, 0.6) is 5.75 Å². The molecule has 0 aliphatic rings. The summed E-state index contributed by atoms with van der Waals surface area (Å²) < 4.78 is 17.0. The molecule has 0 unspecified atom stereocenters. The van der Waals surface area contributed by atoms with E-state index in [4.69, 9.17) is 27.9 Å². The number of aromatic amines is 1. The van der Waals surface area contributed by atoms with Gasteiger partial charge in [0.15, 0.2) is 5.82 Å². The van der Waals surface area contributed by atoms with Crippen molar-refractivity contribution < 1.29 is 9.13 Å². The van der Waals surface area contributed by atoms with Crippen LogP contribution in [0.4, 0.5) is 16.0 Å². The Hall–Kier alpha value is -2.38. The first-order valence-corrected chi connectivity index (χ1v) is 7.21. The molecule has 1 aromatic carbocycles. The minimum Gasteiger partial charge on any atom is -0.461 e. The van der Waals surface area contributed by atoms with Gasteiger partial charge in [0.25, 0.3) is 0 Å². The highest BCUT2D eigenvalue weighted by Gasteiger charge is 2.08. The fraction of sp³-hybridized carbons (Fsp3) is 0.0714. The molecule has 2 aromatic heterocycles. The Morgan fingerprint density at radius 1 is 1.17 bits per heavy atom. The second-order valence-electron chi connectivity index (χ2n) is 4.40. The molecule has 3 aromatic rings. The molecule has 0 saturated heterocycles. The monoisotopic (exact) mass is 353 g/mol. The Balaban J connectivity index is 1.80. The van der Waals surface area contributed by atoms with Gasteiger partial charge in [-0.3, -0.25) is 5.10 Å². The average molecular weight is 354 g/mol. The van der Waals surface area contributed by atoms with Gasteiger partial charge >= 0.3 is 0 Å². The third kappa shape index (κ3) is 3.69. The number of aromatic nitrogens is 4. The van der Waals surface area contributed by atoms with Crippen LogP contribution in [0.2, 0.25) is 10.3 Å². The van der Waals surface area contributed by atoms with E-state index in [2.05, 4.69) is 25.5 Å². The normalized spacial score (nSPS) is 10.6. The van der Waals surface area contributed by atoms with Crippen LogP contribution in [0.25, 0.3) is 11.3 Å². The number of anilines is 2. The molecule has 0 amide bonds. The maximum Gasteiger partial charge on any atom is 0.228 e. The van der Waals surface area contributed by atoms with E-state index in [-0.39, 0.29) is 11.0 Å². The van der Waals surface area contributed by atoms with Crippen LogP contribution in [0.1, 0.15) is 0 Å². The first-order chi connectivity index (χ1) is 11.2. The molecule has 9 heteroatoms. The van der Waals surface area contributed by atoms with Crippen molar-refractivity contribution in [1.29, 1.82) is 0 Å². The third-order valence-corrected chi connectivity index (χ3v) is 3.39. The highest BCUT2D eigenvalue weighted by Crippen LogP contribution is 2.30. The van der Waals surface area contributed by atoms with Gasteiger partial charge in [0.1, 0.15) is 11.6 Å². The Bertz CT molecular complexity index is 826. The molecule has 0 aliphatic heterocycles. The molecule has 2 heterocycles. The lowest BCUT2D eigenvalue weighted by molar-refractivity contribution is 0.192. The first-order valence-electron chi connectivity index (χ1n) is 6.45. The molecule has 23 heavy (non-hydrogen) atoms. The standard InChI is InChI=1S/C14H10Cl2FN5O/c15-9-5-8(1-2-11(9)23-7-17)10-6-13(22-21-10)19-12-3-4-18-14(16)20-12/h1-6H,7H2,(H2,18,19,20,21,22). The molecule has 6 nitrogen and oxygen atoms in total. The molecule has 118 valence electrons. The summed E-state index contributed by atoms with van der Waals surface area (Å²) in [4.78, 5) is 7.81. The molecule has 0 atom stereocenters. The number of rotatable bonds is 5. The zero-order chi connectivity index (χ0) is 16.2. The highest BCUT2D eigenvalue weighted by atomic mass is 35.5. The van der Waals surface area contributed by atoms with Gasteiger partial charge in [-0.1, -0.05) is 11.6 Å². The second-order valence-corrected chi connectivity index (χ2v) is 5.15. The zero-order valence-electron chi connectivity index (χ0n) is 11.6. The van der Waals surface area contributed by atoms with Crippen LogP contribution in [-0.4, -0.2) is 27.0 Å². The van der Waals surface area contributed by atoms with Crippen molar-refractivity contribution in [3.05, 3.63) is 46.8 Å². The fourth-order valence-corrected chi connectivity index (χ4v) is 2.30. The van der Waals surface area contributed by atoms with Gasteiger partial charge in [0, 0.05) is 17.8 Å². The predicted molar refractivity (Wildman–Crippen MR) is 86.0 cm³/mol. The van der Waals surface area contributed by atoms with Gasteiger partial charge in [0.2, 0.25) is 12.1 Å². The SMILES string of the molecule is FCOc1ccc(-c2cc(Nc3ccnc(Cl)n3)n[nH]2)cc1Cl. The molecule has 0 spiro atoms. The number of halogens is 3. The molecule has 0 bridgehead atoms. The van der Waals surface area contributed by atoms with Gasteiger partial charge in [0.05, 0.1) is 10.7 Å². The summed E-state index contributed by atoms with van der Waals surface area (Å²) in [6.45, 7) is -0.932. The summed E-state index contributed by atoms with van der Waals surface area (Å²) in [5.41, 5.74) is 1.50.